The van der Waals surface area contributed by atoms with Gasteiger partial charge in [0.25, 0.3) is 0 Å². The monoisotopic (exact) mass is 290 g/mol. The van der Waals surface area contributed by atoms with E-state index in [-0.39, 0.29) is 22.3 Å². The molecule has 2 N–H and O–H groups in total. The molecule has 4 heteroatoms. The molecule has 0 aliphatic carbocycles. The summed E-state index contributed by atoms with van der Waals surface area (Å²) in [5, 5.41) is 18.8. The van der Waals surface area contributed by atoms with Gasteiger partial charge in [-0.1, -0.05) is 42.2 Å². The highest BCUT2D eigenvalue weighted by Gasteiger charge is 2.26. The molecule has 0 saturated heterocycles. The summed E-state index contributed by atoms with van der Waals surface area (Å²) >= 11 is 0. The Balaban J connectivity index is 3.01. The minimum absolute atomic E-state index is 0.105. The van der Waals surface area contributed by atoms with Gasteiger partial charge in [-0.3, -0.25) is 0 Å². The quantitative estimate of drug-likeness (QED) is 0.852. The van der Waals surface area contributed by atoms with Gasteiger partial charge in [-0.25, -0.2) is 9.59 Å². The molecular formula is C18H10O4. The number of rotatable bonds is 3. The summed E-state index contributed by atoms with van der Waals surface area (Å²) in [6.07, 6.45) is 10.7. The first-order valence-electron chi connectivity index (χ1n) is 6.17. The second-order valence-electron chi connectivity index (χ2n) is 4.36. The van der Waals surface area contributed by atoms with Crippen molar-refractivity contribution in [2.75, 3.05) is 0 Å². The fourth-order valence-corrected chi connectivity index (χ4v) is 2.23. The Bertz CT molecular complexity index is 849. The normalized spacial score (nSPS) is 9.55. The molecule has 0 atom stereocenters. The minimum Gasteiger partial charge on any atom is -0.478 e. The van der Waals surface area contributed by atoms with Crippen LogP contribution in [0.5, 0.6) is 0 Å². The van der Waals surface area contributed by atoms with Crippen molar-refractivity contribution in [3.8, 4) is 35.8 Å². The van der Waals surface area contributed by atoms with Crippen LogP contribution in [0.2, 0.25) is 0 Å². The lowest BCUT2D eigenvalue weighted by molar-refractivity contribution is 0.0652. The average molecular weight is 290 g/mol. The molecule has 4 nitrogen and oxygen atoms in total. The van der Waals surface area contributed by atoms with Crippen molar-refractivity contribution in [2.45, 2.75) is 0 Å². The van der Waals surface area contributed by atoms with E-state index in [0.29, 0.717) is 5.56 Å². The van der Waals surface area contributed by atoms with Crippen molar-refractivity contribution >= 4 is 11.9 Å². The van der Waals surface area contributed by atoms with Crippen molar-refractivity contribution in [1.29, 1.82) is 0 Å². The molecule has 2 aromatic carbocycles. The van der Waals surface area contributed by atoms with E-state index >= 15 is 0 Å². The van der Waals surface area contributed by atoms with Gasteiger partial charge in [0.15, 0.2) is 0 Å². The molecular weight excluding hydrogens is 280 g/mol. The lowest BCUT2D eigenvalue weighted by Gasteiger charge is -2.13. The van der Waals surface area contributed by atoms with Crippen LogP contribution in [0.4, 0.5) is 0 Å². The van der Waals surface area contributed by atoms with Crippen LogP contribution >= 0.6 is 0 Å². The van der Waals surface area contributed by atoms with E-state index in [1.165, 1.54) is 6.07 Å². The molecule has 0 spiro atoms. The third-order valence-corrected chi connectivity index (χ3v) is 3.14. The minimum atomic E-state index is -1.43. The Kier molecular flexibility index (Phi) is 3.97. The fraction of sp³-hybridized carbons (Fsp3) is 0. The number of hydrogen-bond donors (Lipinski definition) is 2. The first kappa shape index (κ1) is 14.9. The third kappa shape index (κ3) is 2.42. The van der Waals surface area contributed by atoms with Gasteiger partial charge in [0.2, 0.25) is 0 Å². The SMILES string of the molecule is C#Cc1cc(-c2ccccc2)c(C(=O)O)c(C(=O)O)c1C#C. The highest BCUT2D eigenvalue weighted by atomic mass is 16.4. The predicted molar refractivity (Wildman–Crippen MR) is 81.7 cm³/mol. The summed E-state index contributed by atoms with van der Waals surface area (Å²) < 4.78 is 0. The highest BCUT2D eigenvalue weighted by Crippen LogP contribution is 2.31. The topological polar surface area (TPSA) is 74.6 Å². The number of benzene rings is 2. The van der Waals surface area contributed by atoms with Crippen molar-refractivity contribution in [3.63, 3.8) is 0 Å². The molecule has 0 radical (unpaired) electrons. The van der Waals surface area contributed by atoms with E-state index in [0.717, 1.165) is 0 Å². The van der Waals surface area contributed by atoms with E-state index in [1.54, 1.807) is 30.3 Å². The zero-order chi connectivity index (χ0) is 16.3. The van der Waals surface area contributed by atoms with Gasteiger partial charge in [0.1, 0.15) is 0 Å². The molecule has 22 heavy (non-hydrogen) atoms. The number of carbonyl (C=O) groups is 2. The number of carboxylic acids is 2. The summed E-state index contributed by atoms with van der Waals surface area (Å²) in [5.41, 5.74) is -0.00860. The van der Waals surface area contributed by atoms with Crippen LogP contribution in [0.1, 0.15) is 31.8 Å². The third-order valence-electron chi connectivity index (χ3n) is 3.14. The molecule has 0 aromatic heterocycles. The summed E-state index contributed by atoms with van der Waals surface area (Å²) in [6, 6.07) is 9.96. The Hall–Kier alpha value is -3.50. The van der Waals surface area contributed by atoms with Gasteiger partial charge in [-0.05, 0) is 17.2 Å². The Labute approximate surface area is 127 Å². The van der Waals surface area contributed by atoms with Crippen LogP contribution in [0, 0.1) is 24.7 Å². The van der Waals surface area contributed by atoms with Crippen LogP contribution in [-0.4, -0.2) is 22.2 Å². The lowest BCUT2D eigenvalue weighted by Crippen LogP contribution is -2.13. The van der Waals surface area contributed by atoms with Gasteiger partial charge in [-0.15, -0.1) is 12.8 Å². The Morgan fingerprint density at radius 2 is 1.50 bits per heavy atom. The lowest BCUT2D eigenvalue weighted by atomic mass is 9.88. The Morgan fingerprint density at radius 1 is 0.909 bits per heavy atom. The van der Waals surface area contributed by atoms with Crippen LogP contribution in [0.3, 0.4) is 0 Å². The first-order valence-corrected chi connectivity index (χ1v) is 6.17. The highest BCUT2D eigenvalue weighted by molar-refractivity contribution is 6.09. The number of aromatic carboxylic acids is 2. The molecule has 0 aliphatic rings. The van der Waals surface area contributed by atoms with Gasteiger partial charge in [0, 0.05) is 5.56 Å². The van der Waals surface area contributed by atoms with E-state index in [9.17, 15) is 19.8 Å². The second-order valence-corrected chi connectivity index (χ2v) is 4.36. The van der Waals surface area contributed by atoms with Crippen LogP contribution in [0.25, 0.3) is 11.1 Å². The summed E-state index contributed by atoms with van der Waals surface area (Å²) in [7, 11) is 0. The first-order chi connectivity index (χ1) is 10.5. The van der Waals surface area contributed by atoms with Crippen LogP contribution in [0.15, 0.2) is 36.4 Å². The Morgan fingerprint density at radius 3 is 1.95 bits per heavy atom. The summed E-state index contributed by atoms with van der Waals surface area (Å²) in [4.78, 5) is 23.1. The van der Waals surface area contributed by atoms with Gasteiger partial charge in [0.05, 0.1) is 16.7 Å². The standard InChI is InChI=1S/C18H10O4/c1-3-11-10-14(12-8-6-5-7-9-12)16(18(21)22)15(17(19)20)13(11)4-2/h1-2,5-10H,(H,19,20)(H,21,22). The molecule has 0 aliphatic heterocycles. The molecule has 0 bridgehead atoms. The fourth-order valence-electron chi connectivity index (χ4n) is 2.23. The van der Waals surface area contributed by atoms with Crippen LogP contribution in [-0.2, 0) is 0 Å². The zero-order valence-corrected chi connectivity index (χ0v) is 11.3. The van der Waals surface area contributed by atoms with Crippen molar-refractivity contribution in [2.24, 2.45) is 0 Å². The number of hydrogen-bond acceptors (Lipinski definition) is 2. The van der Waals surface area contributed by atoms with E-state index in [4.69, 9.17) is 12.8 Å². The van der Waals surface area contributed by atoms with E-state index < -0.39 is 17.5 Å². The van der Waals surface area contributed by atoms with E-state index in [1.807, 2.05) is 0 Å². The molecule has 0 unspecified atom stereocenters. The second kappa shape index (κ2) is 5.87. The largest absolute Gasteiger partial charge is 0.478 e. The zero-order valence-electron chi connectivity index (χ0n) is 11.3. The smallest absolute Gasteiger partial charge is 0.337 e. The molecule has 2 rings (SSSR count). The maximum Gasteiger partial charge on any atom is 0.337 e. The molecule has 0 fully saturated rings. The predicted octanol–water partition coefficient (Wildman–Crippen LogP) is 2.71. The summed E-state index contributed by atoms with van der Waals surface area (Å²) in [5.74, 6) is 1.69. The van der Waals surface area contributed by atoms with Crippen molar-refractivity contribution in [1.82, 2.24) is 0 Å². The maximum atomic E-state index is 11.6. The molecule has 2 aromatic rings. The molecule has 0 amide bonds. The van der Waals surface area contributed by atoms with Gasteiger partial charge >= 0.3 is 11.9 Å². The van der Waals surface area contributed by atoms with Gasteiger partial charge < -0.3 is 10.2 Å². The van der Waals surface area contributed by atoms with Crippen molar-refractivity contribution < 1.29 is 19.8 Å². The molecule has 0 heterocycles. The average Bonchev–Trinajstić information content (AvgIpc) is 2.53. The maximum absolute atomic E-state index is 11.6. The van der Waals surface area contributed by atoms with Crippen LogP contribution < -0.4 is 0 Å². The van der Waals surface area contributed by atoms with Crippen molar-refractivity contribution in [3.05, 3.63) is 58.7 Å². The molecule has 106 valence electrons. The summed E-state index contributed by atoms with van der Waals surface area (Å²) in [6.45, 7) is 0. The van der Waals surface area contributed by atoms with E-state index in [2.05, 4.69) is 11.8 Å². The molecule has 0 saturated carbocycles. The van der Waals surface area contributed by atoms with Gasteiger partial charge in [-0.2, -0.15) is 0 Å². The number of carboxylic acid groups (broad SMARTS) is 2. The number of terminal acetylenes is 2.